The van der Waals surface area contributed by atoms with Gasteiger partial charge in [-0.1, -0.05) is 16.9 Å². The molecule has 1 fully saturated rings. The number of nitrogens with one attached hydrogen (secondary N) is 1. The molecule has 4 heterocycles. The van der Waals surface area contributed by atoms with E-state index >= 15 is 0 Å². The minimum atomic E-state index is -4.72. The van der Waals surface area contributed by atoms with Gasteiger partial charge in [0.05, 0.1) is 12.7 Å². The van der Waals surface area contributed by atoms with Crippen LogP contribution in [-0.2, 0) is 16.5 Å². The summed E-state index contributed by atoms with van der Waals surface area (Å²) >= 11 is 2.77. The third-order valence-electron chi connectivity index (χ3n) is 4.76. The highest BCUT2D eigenvalue weighted by Crippen LogP contribution is 2.47. The summed E-state index contributed by atoms with van der Waals surface area (Å²) in [5, 5.41) is 8.27. The van der Waals surface area contributed by atoms with Crippen LogP contribution in [0.1, 0.15) is 34.6 Å². The van der Waals surface area contributed by atoms with Crippen LogP contribution in [0.25, 0.3) is 0 Å². The molecular weight excluding hydrogens is 431 g/mol. The summed E-state index contributed by atoms with van der Waals surface area (Å²) in [5.41, 5.74) is 4.73. The van der Waals surface area contributed by atoms with Crippen molar-refractivity contribution in [1.82, 2.24) is 10.1 Å². The largest absolute Gasteiger partial charge is 0.452 e. The van der Waals surface area contributed by atoms with Crippen LogP contribution in [0.15, 0.2) is 21.0 Å². The number of aromatic nitrogens is 2. The fraction of sp³-hybridized carbons (Fsp3) is 0.500. The Hall–Kier alpha value is -2.12. The molecule has 0 aromatic carbocycles. The van der Waals surface area contributed by atoms with Crippen LogP contribution in [0, 0.1) is 5.92 Å². The number of fused-ring (bicyclic) bond motifs is 1. The molecule has 8 nitrogen and oxygen atoms in total. The number of anilines is 1. The van der Waals surface area contributed by atoms with E-state index in [1.807, 2.05) is 6.92 Å². The van der Waals surface area contributed by atoms with E-state index in [-0.39, 0.29) is 17.8 Å². The van der Waals surface area contributed by atoms with E-state index in [1.165, 1.54) is 23.1 Å². The third kappa shape index (κ3) is 3.85. The van der Waals surface area contributed by atoms with Gasteiger partial charge in [-0.3, -0.25) is 4.79 Å². The smallest absolute Gasteiger partial charge is 0.379 e. The highest BCUT2D eigenvalue weighted by atomic mass is 32.2. The molecule has 0 bridgehead atoms. The van der Waals surface area contributed by atoms with Crippen molar-refractivity contribution in [3.63, 3.8) is 0 Å². The number of hydrogen-bond acceptors (Lipinski definition) is 9. The average Bonchev–Trinajstić information content (AvgIpc) is 3.31. The van der Waals surface area contributed by atoms with E-state index in [9.17, 15) is 18.0 Å². The quantitative estimate of drug-likeness (QED) is 0.743. The minimum Gasteiger partial charge on any atom is -0.379 e. The number of amides is 1. The fourth-order valence-electron chi connectivity index (χ4n) is 3.31. The fourth-order valence-corrected chi connectivity index (χ4v) is 5.28. The number of ether oxygens (including phenoxy) is 1. The first-order valence-electron chi connectivity index (χ1n) is 8.58. The second kappa shape index (κ2) is 7.29. The van der Waals surface area contributed by atoms with Gasteiger partial charge in [-0.15, -0.1) is 11.3 Å². The van der Waals surface area contributed by atoms with Crippen LogP contribution >= 0.6 is 23.1 Å². The Kier molecular flexibility index (Phi) is 5.07. The molecule has 2 aliphatic rings. The van der Waals surface area contributed by atoms with Crippen molar-refractivity contribution in [3.05, 3.63) is 27.9 Å². The van der Waals surface area contributed by atoms with Crippen LogP contribution < -0.4 is 11.1 Å². The number of amidine groups is 1. The SMILES string of the molecule is CC1CC2CSC(N)=NC2(c2nc(NC(=O)c3cc(C(F)(F)F)on3)cs2)CO1. The van der Waals surface area contributed by atoms with Crippen molar-refractivity contribution in [2.75, 3.05) is 17.7 Å². The Bertz CT molecular complexity index is 960. The van der Waals surface area contributed by atoms with Gasteiger partial charge in [-0.2, -0.15) is 13.2 Å². The average molecular weight is 447 g/mol. The maximum absolute atomic E-state index is 12.6. The monoisotopic (exact) mass is 447 g/mol. The lowest BCUT2D eigenvalue weighted by atomic mass is 9.80. The zero-order valence-electron chi connectivity index (χ0n) is 15.0. The second-order valence-electron chi connectivity index (χ2n) is 6.81. The van der Waals surface area contributed by atoms with Crippen molar-refractivity contribution in [2.24, 2.45) is 16.6 Å². The van der Waals surface area contributed by atoms with E-state index in [0.717, 1.165) is 12.2 Å². The zero-order valence-corrected chi connectivity index (χ0v) is 16.7. The number of carbonyl (C=O) groups excluding carboxylic acids is 1. The van der Waals surface area contributed by atoms with Gasteiger partial charge in [0, 0.05) is 23.1 Å². The molecule has 1 saturated heterocycles. The normalized spacial score (nSPS) is 27.2. The maximum Gasteiger partial charge on any atom is 0.452 e. The molecule has 3 atom stereocenters. The van der Waals surface area contributed by atoms with Gasteiger partial charge in [-0.05, 0) is 13.3 Å². The van der Waals surface area contributed by atoms with Gasteiger partial charge < -0.3 is 20.3 Å². The Morgan fingerprint density at radius 2 is 2.24 bits per heavy atom. The highest BCUT2D eigenvalue weighted by molar-refractivity contribution is 8.13. The molecule has 29 heavy (non-hydrogen) atoms. The van der Waals surface area contributed by atoms with E-state index in [0.29, 0.717) is 22.8 Å². The maximum atomic E-state index is 12.6. The zero-order chi connectivity index (χ0) is 20.8. The van der Waals surface area contributed by atoms with Crippen LogP contribution in [0.3, 0.4) is 0 Å². The van der Waals surface area contributed by atoms with Crippen LogP contribution in [0.5, 0.6) is 0 Å². The van der Waals surface area contributed by atoms with E-state index < -0.39 is 29.1 Å². The van der Waals surface area contributed by atoms with Gasteiger partial charge in [0.25, 0.3) is 5.91 Å². The van der Waals surface area contributed by atoms with Gasteiger partial charge in [-0.25, -0.2) is 9.98 Å². The molecule has 0 saturated carbocycles. The summed E-state index contributed by atoms with van der Waals surface area (Å²) in [6, 6.07) is 0.539. The number of carbonyl (C=O) groups is 1. The summed E-state index contributed by atoms with van der Waals surface area (Å²) in [4.78, 5) is 21.3. The van der Waals surface area contributed by atoms with Crippen LogP contribution in [0.4, 0.5) is 19.0 Å². The molecule has 156 valence electrons. The number of nitrogens with zero attached hydrogens (tertiary/aromatic N) is 3. The standard InChI is InChI=1S/C16H16F3N5O3S2/c1-7-2-8-4-29-14(20)23-15(8,6-26-7)13-22-11(5-28-13)21-12(25)9-3-10(27-24-9)16(17,18)19/h3,5,7-8H,2,4,6H2,1H3,(H2,20,23)(H,21,25). The predicted octanol–water partition coefficient (Wildman–Crippen LogP) is 3.08. The van der Waals surface area contributed by atoms with Gasteiger partial charge >= 0.3 is 6.18 Å². The molecule has 2 aliphatic heterocycles. The topological polar surface area (TPSA) is 116 Å². The number of aliphatic imine (C=N–C) groups is 1. The number of halogens is 3. The van der Waals surface area contributed by atoms with Crippen molar-refractivity contribution in [1.29, 1.82) is 0 Å². The molecule has 0 aliphatic carbocycles. The van der Waals surface area contributed by atoms with Crippen molar-refractivity contribution >= 4 is 40.0 Å². The predicted molar refractivity (Wildman–Crippen MR) is 101 cm³/mol. The molecule has 3 N–H and O–H groups in total. The number of hydrogen-bond donors (Lipinski definition) is 2. The van der Waals surface area contributed by atoms with Crippen molar-refractivity contribution in [3.8, 4) is 0 Å². The van der Waals surface area contributed by atoms with E-state index in [1.54, 1.807) is 5.38 Å². The van der Waals surface area contributed by atoms with Crippen LogP contribution in [0.2, 0.25) is 0 Å². The third-order valence-corrected chi connectivity index (χ3v) is 6.73. The minimum absolute atomic E-state index is 0.0948. The first-order chi connectivity index (χ1) is 13.7. The van der Waals surface area contributed by atoms with Gasteiger partial charge in [0.15, 0.2) is 10.9 Å². The molecule has 13 heteroatoms. The summed E-state index contributed by atoms with van der Waals surface area (Å²) in [5.74, 6) is -1.07. The second-order valence-corrected chi connectivity index (χ2v) is 8.70. The molecule has 3 unspecified atom stereocenters. The van der Waals surface area contributed by atoms with Crippen LogP contribution in [-0.4, -0.2) is 39.7 Å². The Labute approximate surface area is 171 Å². The highest BCUT2D eigenvalue weighted by Gasteiger charge is 2.49. The molecule has 4 rings (SSSR count). The summed E-state index contributed by atoms with van der Waals surface area (Å²) in [6.45, 7) is 2.32. The lowest BCUT2D eigenvalue weighted by molar-refractivity contribution is -0.155. The molecule has 0 radical (unpaired) electrons. The Morgan fingerprint density at radius 3 is 2.97 bits per heavy atom. The lowest BCUT2D eigenvalue weighted by Crippen LogP contribution is -2.49. The van der Waals surface area contributed by atoms with Crippen molar-refractivity contribution < 1.29 is 27.2 Å². The number of thiazole rings is 1. The first kappa shape index (κ1) is 20.2. The van der Waals surface area contributed by atoms with E-state index in [4.69, 9.17) is 10.5 Å². The van der Waals surface area contributed by atoms with E-state index in [2.05, 4.69) is 25.0 Å². The summed E-state index contributed by atoms with van der Waals surface area (Å²) in [7, 11) is 0. The Morgan fingerprint density at radius 1 is 1.45 bits per heavy atom. The van der Waals surface area contributed by atoms with Gasteiger partial charge in [0.1, 0.15) is 16.4 Å². The molecular formula is C16H16F3N5O3S2. The molecule has 0 spiro atoms. The number of alkyl halides is 3. The number of rotatable bonds is 3. The number of thioether (sulfide) groups is 1. The summed E-state index contributed by atoms with van der Waals surface area (Å²) < 4.78 is 47.8. The molecule has 2 aromatic rings. The molecule has 2 aromatic heterocycles. The first-order valence-corrected chi connectivity index (χ1v) is 10.4. The lowest BCUT2D eigenvalue weighted by Gasteiger charge is -2.44. The summed E-state index contributed by atoms with van der Waals surface area (Å²) in [6.07, 6.45) is -3.83. The molecule has 1 amide bonds. The van der Waals surface area contributed by atoms with Crippen molar-refractivity contribution in [2.45, 2.75) is 31.2 Å². The number of nitrogens with two attached hydrogens (primary N) is 1. The van der Waals surface area contributed by atoms with Gasteiger partial charge in [0.2, 0.25) is 5.76 Å². The Balaban J connectivity index is 1.55.